The van der Waals surface area contributed by atoms with Gasteiger partial charge >= 0.3 is 0 Å². The quantitative estimate of drug-likeness (QED) is 0.825. The Bertz CT molecular complexity index is 391. The molecule has 1 N–H and O–H groups in total. The average Bonchev–Trinajstić information content (AvgIpc) is 2.97. The van der Waals surface area contributed by atoms with E-state index in [-0.39, 0.29) is 11.9 Å². The summed E-state index contributed by atoms with van der Waals surface area (Å²) in [6, 6.07) is 3.86. The van der Waals surface area contributed by atoms with Crippen molar-refractivity contribution in [2.24, 2.45) is 11.3 Å². The maximum Gasteiger partial charge on any atom is 0.243 e. The van der Waals surface area contributed by atoms with Crippen molar-refractivity contribution in [2.75, 3.05) is 6.54 Å². The Morgan fingerprint density at radius 2 is 1.94 bits per heavy atom. The van der Waals surface area contributed by atoms with Crippen molar-refractivity contribution in [1.29, 1.82) is 0 Å². The van der Waals surface area contributed by atoms with E-state index in [0.717, 1.165) is 13.0 Å². The highest BCUT2D eigenvalue weighted by molar-refractivity contribution is 5.80. The molecule has 1 saturated carbocycles. The van der Waals surface area contributed by atoms with E-state index in [1.165, 1.54) is 12.8 Å². The Balaban J connectivity index is 1.91. The first-order valence-corrected chi connectivity index (χ1v) is 6.99. The molecular weight excluding hydrogens is 224 g/mol. The maximum atomic E-state index is 12.2. The predicted octanol–water partition coefficient (Wildman–Crippen LogP) is 2.99. The van der Waals surface area contributed by atoms with Crippen molar-refractivity contribution in [1.82, 2.24) is 9.88 Å². The Morgan fingerprint density at radius 3 is 2.39 bits per heavy atom. The van der Waals surface area contributed by atoms with Crippen LogP contribution in [0.2, 0.25) is 0 Å². The Labute approximate surface area is 110 Å². The lowest BCUT2D eigenvalue weighted by Crippen LogP contribution is -2.37. The summed E-state index contributed by atoms with van der Waals surface area (Å²) < 4.78 is 1.99. The number of amides is 1. The van der Waals surface area contributed by atoms with Gasteiger partial charge in [-0.2, -0.15) is 0 Å². The molecule has 1 heterocycles. The second kappa shape index (κ2) is 5.17. The molecule has 1 atom stereocenters. The van der Waals surface area contributed by atoms with Gasteiger partial charge in [0.2, 0.25) is 5.91 Å². The monoisotopic (exact) mass is 248 g/mol. The number of nitrogens with one attached hydrogen (secondary N) is 1. The van der Waals surface area contributed by atoms with Crippen molar-refractivity contribution in [3.63, 3.8) is 0 Å². The summed E-state index contributed by atoms with van der Waals surface area (Å²) >= 11 is 0. The van der Waals surface area contributed by atoms with Gasteiger partial charge in [0.1, 0.15) is 6.04 Å². The van der Waals surface area contributed by atoms with Gasteiger partial charge in [0.05, 0.1) is 0 Å². The number of carbonyl (C=O) groups is 1. The highest BCUT2D eigenvalue weighted by Gasteiger charge is 2.45. The molecule has 3 nitrogen and oxygen atoms in total. The summed E-state index contributed by atoms with van der Waals surface area (Å²) in [6.07, 6.45) is 7.26. The molecule has 3 heteroatoms. The van der Waals surface area contributed by atoms with Crippen LogP contribution in [0.5, 0.6) is 0 Å². The second-order valence-corrected chi connectivity index (χ2v) is 5.79. The minimum atomic E-state index is -0.0667. The molecule has 1 aliphatic carbocycles. The number of rotatable bonds is 6. The fourth-order valence-electron chi connectivity index (χ4n) is 2.59. The summed E-state index contributed by atoms with van der Waals surface area (Å²) in [5, 5.41) is 3.15. The lowest BCUT2D eigenvalue weighted by atomic mass is 9.92. The first kappa shape index (κ1) is 13.2. The van der Waals surface area contributed by atoms with Gasteiger partial charge in [0.15, 0.2) is 0 Å². The molecule has 0 aromatic carbocycles. The van der Waals surface area contributed by atoms with Gasteiger partial charge in [-0.05, 0) is 42.7 Å². The number of carbonyl (C=O) groups excluding carboxylic acids is 1. The molecular formula is C15H24N2O. The molecule has 1 aromatic rings. The molecule has 18 heavy (non-hydrogen) atoms. The van der Waals surface area contributed by atoms with Gasteiger partial charge < -0.3 is 9.88 Å². The SMILES string of the molecule is CCC(C(=O)NCC1(C(C)C)CC1)n1cccc1. The van der Waals surface area contributed by atoms with Crippen molar-refractivity contribution in [3.8, 4) is 0 Å². The lowest BCUT2D eigenvalue weighted by molar-refractivity contribution is -0.124. The van der Waals surface area contributed by atoms with E-state index in [4.69, 9.17) is 0 Å². The van der Waals surface area contributed by atoms with Gasteiger partial charge in [-0.25, -0.2) is 0 Å². The largest absolute Gasteiger partial charge is 0.354 e. The standard InChI is InChI=1S/C15H24N2O/c1-4-13(17-9-5-6-10-17)14(18)16-11-15(7-8-15)12(2)3/h5-6,9-10,12-13H,4,7-8,11H2,1-3H3,(H,16,18). The van der Waals surface area contributed by atoms with Gasteiger partial charge in [-0.1, -0.05) is 20.8 Å². The van der Waals surface area contributed by atoms with Crippen LogP contribution < -0.4 is 5.32 Å². The Hall–Kier alpha value is -1.25. The van der Waals surface area contributed by atoms with Crippen LogP contribution in [0.15, 0.2) is 24.5 Å². The van der Waals surface area contributed by atoms with Crippen LogP contribution in [-0.2, 0) is 4.79 Å². The summed E-state index contributed by atoms with van der Waals surface area (Å²) in [5.41, 5.74) is 0.380. The zero-order valence-corrected chi connectivity index (χ0v) is 11.6. The van der Waals surface area contributed by atoms with Crippen molar-refractivity contribution in [3.05, 3.63) is 24.5 Å². The van der Waals surface area contributed by atoms with Crippen molar-refractivity contribution < 1.29 is 4.79 Å². The van der Waals surface area contributed by atoms with Crippen molar-refractivity contribution >= 4 is 5.91 Å². The molecule has 1 fully saturated rings. The third-order valence-corrected chi connectivity index (χ3v) is 4.41. The van der Waals surface area contributed by atoms with Crippen LogP contribution in [-0.4, -0.2) is 17.0 Å². The lowest BCUT2D eigenvalue weighted by Gasteiger charge is -2.23. The predicted molar refractivity (Wildman–Crippen MR) is 73.3 cm³/mol. The molecule has 0 spiro atoms. The van der Waals surface area contributed by atoms with Gasteiger partial charge in [-0.15, -0.1) is 0 Å². The molecule has 2 rings (SSSR count). The molecule has 1 unspecified atom stereocenters. The first-order valence-electron chi connectivity index (χ1n) is 6.99. The van der Waals surface area contributed by atoms with Crippen molar-refractivity contribution in [2.45, 2.75) is 46.1 Å². The van der Waals surface area contributed by atoms with Crippen LogP contribution in [0, 0.1) is 11.3 Å². The Kier molecular flexibility index (Phi) is 3.79. The molecule has 0 radical (unpaired) electrons. The summed E-state index contributed by atoms with van der Waals surface area (Å²) in [6.45, 7) is 7.39. The fourth-order valence-corrected chi connectivity index (χ4v) is 2.59. The number of nitrogens with zero attached hydrogens (tertiary/aromatic N) is 1. The van der Waals surface area contributed by atoms with E-state index >= 15 is 0 Å². The van der Waals surface area contributed by atoms with Crippen LogP contribution in [0.25, 0.3) is 0 Å². The zero-order valence-electron chi connectivity index (χ0n) is 11.6. The second-order valence-electron chi connectivity index (χ2n) is 5.79. The zero-order chi connectivity index (χ0) is 13.2. The highest BCUT2D eigenvalue weighted by atomic mass is 16.2. The summed E-state index contributed by atoms with van der Waals surface area (Å²) in [7, 11) is 0. The molecule has 0 saturated heterocycles. The Morgan fingerprint density at radius 1 is 1.33 bits per heavy atom. The first-order chi connectivity index (χ1) is 8.59. The number of aromatic nitrogens is 1. The van der Waals surface area contributed by atoms with Gasteiger partial charge in [-0.3, -0.25) is 4.79 Å². The van der Waals surface area contributed by atoms with Crippen LogP contribution in [0.4, 0.5) is 0 Å². The summed E-state index contributed by atoms with van der Waals surface area (Å²) in [5.74, 6) is 0.810. The number of hydrogen-bond acceptors (Lipinski definition) is 1. The molecule has 1 aliphatic rings. The van der Waals surface area contributed by atoms with E-state index in [0.29, 0.717) is 11.3 Å². The van der Waals surface area contributed by atoms with E-state index in [1.807, 2.05) is 29.1 Å². The summed E-state index contributed by atoms with van der Waals surface area (Å²) in [4.78, 5) is 12.2. The van der Waals surface area contributed by atoms with Gasteiger partial charge in [0.25, 0.3) is 0 Å². The fraction of sp³-hybridized carbons (Fsp3) is 0.667. The normalized spacial score (nSPS) is 18.7. The van der Waals surface area contributed by atoms with E-state index in [1.54, 1.807) is 0 Å². The van der Waals surface area contributed by atoms with E-state index in [9.17, 15) is 4.79 Å². The molecule has 100 valence electrons. The minimum Gasteiger partial charge on any atom is -0.354 e. The van der Waals surface area contributed by atoms with E-state index < -0.39 is 0 Å². The van der Waals surface area contributed by atoms with E-state index in [2.05, 4.69) is 26.1 Å². The molecule has 1 aromatic heterocycles. The maximum absolute atomic E-state index is 12.2. The highest BCUT2D eigenvalue weighted by Crippen LogP contribution is 2.51. The molecule has 0 bridgehead atoms. The van der Waals surface area contributed by atoms with Crippen LogP contribution in [0.1, 0.15) is 46.1 Å². The average molecular weight is 248 g/mol. The van der Waals surface area contributed by atoms with Crippen LogP contribution >= 0.6 is 0 Å². The smallest absolute Gasteiger partial charge is 0.243 e. The number of hydrogen-bond donors (Lipinski definition) is 1. The van der Waals surface area contributed by atoms with Crippen LogP contribution in [0.3, 0.4) is 0 Å². The topological polar surface area (TPSA) is 34.0 Å². The van der Waals surface area contributed by atoms with Gasteiger partial charge in [0, 0.05) is 18.9 Å². The minimum absolute atomic E-state index is 0.0667. The molecule has 1 amide bonds. The third-order valence-electron chi connectivity index (χ3n) is 4.41. The molecule has 0 aliphatic heterocycles. The third kappa shape index (κ3) is 2.60.